The van der Waals surface area contributed by atoms with E-state index in [2.05, 4.69) is 10.4 Å². The Hall–Kier alpha value is -2.44. The van der Waals surface area contributed by atoms with Crippen LogP contribution in [0.25, 0.3) is 0 Å². The summed E-state index contributed by atoms with van der Waals surface area (Å²) in [6, 6.07) is 8.41. The lowest BCUT2D eigenvalue weighted by molar-refractivity contribution is 0.0919. The summed E-state index contributed by atoms with van der Waals surface area (Å²) in [7, 11) is 1.84. The lowest BCUT2D eigenvalue weighted by Crippen LogP contribution is -2.22. The average molecular weight is 394 g/mol. The predicted molar refractivity (Wildman–Crippen MR) is 98.6 cm³/mol. The van der Waals surface area contributed by atoms with Crippen LogP contribution in [0, 0.1) is 6.92 Å². The van der Waals surface area contributed by atoms with Crippen LogP contribution in [0.3, 0.4) is 0 Å². The number of hydrogen-bond acceptors (Lipinski definition) is 4. The highest BCUT2D eigenvalue weighted by Crippen LogP contribution is 2.32. The minimum atomic E-state index is -0.305. The molecule has 0 aliphatic carbocycles. The predicted octanol–water partition coefficient (Wildman–Crippen LogP) is 4.14. The van der Waals surface area contributed by atoms with Crippen molar-refractivity contribution in [3.8, 4) is 5.75 Å². The van der Waals surface area contributed by atoms with Gasteiger partial charge in [0.1, 0.15) is 23.1 Å². The van der Waals surface area contributed by atoms with Crippen LogP contribution in [-0.2, 0) is 20.2 Å². The third kappa shape index (κ3) is 4.20. The van der Waals surface area contributed by atoms with Gasteiger partial charge in [0, 0.05) is 25.4 Å². The molecule has 0 spiro atoms. The molecule has 0 aliphatic heterocycles. The van der Waals surface area contributed by atoms with Crippen molar-refractivity contribution in [3.05, 3.63) is 69.4 Å². The van der Waals surface area contributed by atoms with Gasteiger partial charge in [-0.3, -0.25) is 9.48 Å². The van der Waals surface area contributed by atoms with Crippen molar-refractivity contribution in [2.45, 2.75) is 20.1 Å². The van der Waals surface area contributed by atoms with Gasteiger partial charge in [0.25, 0.3) is 5.91 Å². The standard InChI is InChI=1S/C18H17Cl2N3O3/c1-11-12(9-23(2)22-11)8-21-18(24)16-7-6-13(26-16)10-25-15-5-3-4-14(19)17(15)20/h3-7,9H,8,10H2,1-2H3,(H,21,24). The minimum Gasteiger partial charge on any atom is -0.484 e. The van der Waals surface area contributed by atoms with E-state index < -0.39 is 0 Å². The fraction of sp³-hybridized carbons (Fsp3) is 0.222. The van der Waals surface area contributed by atoms with Gasteiger partial charge in [0.2, 0.25) is 0 Å². The third-order valence-electron chi connectivity index (χ3n) is 3.73. The number of benzene rings is 1. The lowest BCUT2D eigenvalue weighted by atomic mass is 10.2. The highest BCUT2D eigenvalue weighted by Gasteiger charge is 2.13. The second-order valence-corrected chi connectivity index (χ2v) is 6.49. The summed E-state index contributed by atoms with van der Waals surface area (Å²) in [5.74, 6) is 0.861. The largest absolute Gasteiger partial charge is 0.484 e. The molecule has 1 aromatic carbocycles. The Bertz CT molecular complexity index is 934. The molecule has 1 amide bonds. The van der Waals surface area contributed by atoms with Crippen LogP contribution >= 0.6 is 23.2 Å². The van der Waals surface area contributed by atoms with Gasteiger partial charge in [0.05, 0.1) is 10.7 Å². The van der Waals surface area contributed by atoms with E-state index in [1.807, 2.05) is 20.2 Å². The Morgan fingerprint density at radius 2 is 2.12 bits per heavy atom. The molecule has 8 heteroatoms. The van der Waals surface area contributed by atoms with E-state index in [1.54, 1.807) is 35.0 Å². The van der Waals surface area contributed by atoms with Crippen LogP contribution in [0.1, 0.15) is 27.6 Å². The molecule has 1 N–H and O–H groups in total. The first-order valence-corrected chi connectivity index (χ1v) is 8.62. The van der Waals surface area contributed by atoms with E-state index in [4.69, 9.17) is 32.4 Å². The maximum atomic E-state index is 12.2. The first-order chi connectivity index (χ1) is 12.4. The number of aryl methyl sites for hydroxylation is 2. The Labute approximate surface area is 160 Å². The molecule has 3 rings (SSSR count). The van der Waals surface area contributed by atoms with Crippen LogP contribution in [0.15, 0.2) is 40.9 Å². The van der Waals surface area contributed by atoms with Gasteiger partial charge in [-0.25, -0.2) is 0 Å². The molecule has 0 atom stereocenters. The second-order valence-electron chi connectivity index (χ2n) is 5.70. The number of carbonyl (C=O) groups is 1. The summed E-state index contributed by atoms with van der Waals surface area (Å²) in [6.45, 7) is 2.41. The zero-order valence-electron chi connectivity index (χ0n) is 14.3. The first kappa shape index (κ1) is 18.4. The second kappa shape index (κ2) is 7.85. The summed E-state index contributed by atoms with van der Waals surface area (Å²) in [5.41, 5.74) is 1.83. The third-order valence-corrected chi connectivity index (χ3v) is 4.53. The number of ether oxygens (including phenoxy) is 1. The van der Waals surface area contributed by atoms with Crippen LogP contribution in [-0.4, -0.2) is 15.7 Å². The normalized spacial score (nSPS) is 10.8. The SMILES string of the molecule is Cc1nn(C)cc1CNC(=O)c1ccc(COc2cccc(Cl)c2Cl)o1. The molecule has 2 aromatic heterocycles. The maximum absolute atomic E-state index is 12.2. The minimum absolute atomic E-state index is 0.134. The number of aromatic nitrogens is 2. The molecule has 6 nitrogen and oxygen atoms in total. The molecule has 136 valence electrons. The summed E-state index contributed by atoms with van der Waals surface area (Å²) >= 11 is 12.0. The van der Waals surface area contributed by atoms with Crippen molar-refractivity contribution in [2.75, 3.05) is 0 Å². The van der Waals surface area contributed by atoms with E-state index in [9.17, 15) is 4.79 Å². The Morgan fingerprint density at radius 3 is 2.85 bits per heavy atom. The van der Waals surface area contributed by atoms with Gasteiger partial charge in [0.15, 0.2) is 5.76 Å². The fourth-order valence-corrected chi connectivity index (χ4v) is 2.75. The summed E-state index contributed by atoms with van der Waals surface area (Å²) in [4.78, 5) is 12.2. The van der Waals surface area contributed by atoms with Crippen molar-refractivity contribution >= 4 is 29.1 Å². The van der Waals surface area contributed by atoms with Crippen molar-refractivity contribution in [1.29, 1.82) is 0 Å². The van der Waals surface area contributed by atoms with Gasteiger partial charge in [-0.05, 0) is 31.2 Å². The highest BCUT2D eigenvalue weighted by molar-refractivity contribution is 6.42. The Kier molecular flexibility index (Phi) is 5.54. The van der Waals surface area contributed by atoms with Gasteiger partial charge in [-0.2, -0.15) is 5.10 Å². The van der Waals surface area contributed by atoms with Crippen LogP contribution in [0.4, 0.5) is 0 Å². The quantitative estimate of drug-likeness (QED) is 0.683. The zero-order valence-corrected chi connectivity index (χ0v) is 15.8. The summed E-state index contributed by atoms with van der Waals surface area (Å²) < 4.78 is 12.8. The summed E-state index contributed by atoms with van der Waals surface area (Å²) in [5, 5.41) is 7.80. The van der Waals surface area contributed by atoms with Gasteiger partial charge >= 0.3 is 0 Å². The van der Waals surface area contributed by atoms with E-state index in [0.29, 0.717) is 28.1 Å². The number of hydrogen-bond donors (Lipinski definition) is 1. The molecule has 0 fully saturated rings. The number of rotatable bonds is 6. The molecule has 0 saturated carbocycles. The van der Waals surface area contributed by atoms with Crippen molar-refractivity contribution in [3.63, 3.8) is 0 Å². The van der Waals surface area contributed by atoms with E-state index in [1.165, 1.54) is 0 Å². The number of amides is 1. The smallest absolute Gasteiger partial charge is 0.287 e. The average Bonchev–Trinajstić information content (AvgIpc) is 3.20. The maximum Gasteiger partial charge on any atom is 0.287 e. The van der Waals surface area contributed by atoms with Crippen molar-refractivity contribution in [1.82, 2.24) is 15.1 Å². The number of nitrogens with one attached hydrogen (secondary N) is 1. The van der Waals surface area contributed by atoms with Gasteiger partial charge in [-0.1, -0.05) is 29.3 Å². The monoisotopic (exact) mass is 393 g/mol. The molecule has 0 aliphatic rings. The first-order valence-electron chi connectivity index (χ1n) is 7.87. The summed E-state index contributed by atoms with van der Waals surface area (Å²) in [6.07, 6.45) is 1.87. The van der Waals surface area contributed by atoms with E-state index in [-0.39, 0.29) is 18.3 Å². The molecule has 26 heavy (non-hydrogen) atoms. The topological polar surface area (TPSA) is 69.3 Å². The number of furan rings is 1. The molecule has 0 saturated heterocycles. The van der Waals surface area contributed by atoms with Gasteiger partial charge in [-0.15, -0.1) is 0 Å². The molecule has 2 heterocycles. The van der Waals surface area contributed by atoms with Crippen LogP contribution in [0.2, 0.25) is 10.0 Å². The van der Waals surface area contributed by atoms with E-state index >= 15 is 0 Å². The van der Waals surface area contributed by atoms with Crippen LogP contribution in [0.5, 0.6) is 5.75 Å². The highest BCUT2D eigenvalue weighted by atomic mass is 35.5. The van der Waals surface area contributed by atoms with Gasteiger partial charge < -0.3 is 14.5 Å². The zero-order chi connectivity index (χ0) is 18.7. The lowest BCUT2D eigenvalue weighted by Gasteiger charge is -2.07. The Balaban J connectivity index is 1.57. The molecular weight excluding hydrogens is 377 g/mol. The molecule has 0 radical (unpaired) electrons. The number of halogens is 2. The van der Waals surface area contributed by atoms with Crippen molar-refractivity contribution in [2.24, 2.45) is 7.05 Å². The molecule has 0 unspecified atom stereocenters. The van der Waals surface area contributed by atoms with Crippen molar-refractivity contribution < 1.29 is 13.9 Å². The molecular formula is C18H17Cl2N3O3. The Morgan fingerprint density at radius 1 is 1.31 bits per heavy atom. The number of carbonyl (C=O) groups excluding carboxylic acids is 1. The number of nitrogens with zero attached hydrogens (tertiary/aromatic N) is 2. The van der Waals surface area contributed by atoms with Crippen LogP contribution < -0.4 is 10.1 Å². The van der Waals surface area contributed by atoms with E-state index in [0.717, 1.165) is 11.3 Å². The fourth-order valence-electron chi connectivity index (χ4n) is 2.41. The molecule has 3 aromatic rings. The molecule has 0 bridgehead atoms.